The molecule has 0 saturated heterocycles. The minimum atomic E-state index is -2.52. The van der Waals surface area contributed by atoms with E-state index in [1.807, 2.05) is 0 Å². The molecule has 0 heterocycles. The largest absolute Gasteiger partial charge is 0.481 e. The molecular formula is C11H14F2O2. The number of halogens is 2. The molecule has 3 aliphatic carbocycles. The van der Waals surface area contributed by atoms with Crippen LogP contribution in [0.25, 0.3) is 0 Å². The van der Waals surface area contributed by atoms with Crippen molar-refractivity contribution >= 4 is 5.97 Å². The molecule has 3 unspecified atom stereocenters. The molecule has 3 saturated carbocycles. The van der Waals surface area contributed by atoms with Gasteiger partial charge in [-0.1, -0.05) is 0 Å². The highest BCUT2D eigenvalue weighted by Crippen LogP contribution is 2.69. The molecule has 3 aliphatic rings. The lowest BCUT2D eigenvalue weighted by Gasteiger charge is -2.46. The van der Waals surface area contributed by atoms with Crippen LogP contribution in [0.1, 0.15) is 25.7 Å². The van der Waals surface area contributed by atoms with E-state index in [-0.39, 0.29) is 36.5 Å². The molecule has 5 atom stereocenters. The molecule has 2 nitrogen and oxygen atoms in total. The zero-order valence-electron chi connectivity index (χ0n) is 8.33. The molecule has 84 valence electrons. The number of carboxylic acids is 1. The second-order valence-electron chi connectivity index (χ2n) is 5.32. The van der Waals surface area contributed by atoms with E-state index in [4.69, 9.17) is 5.11 Å². The second kappa shape index (κ2) is 2.71. The molecule has 0 aromatic carbocycles. The van der Waals surface area contributed by atoms with E-state index in [0.29, 0.717) is 6.42 Å². The Morgan fingerprint density at radius 3 is 2.73 bits per heavy atom. The number of carbonyl (C=O) groups is 1. The number of alkyl halides is 2. The lowest BCUT2D eigenvalue weighted by molar-refractivity contribution is -0.142. The number of hydrogen-bond acceptors (Lipinski definition) is 1. The average Bonchev–Trinajstić information content (AvgIpc) is 2.59. The monoisotopic (exact) mass is 216 g/mol. The Labute approximate surface area is 86.7 Å². The molecule has 0 aromatic heterocycles. The van der Waals surface area contributed by atoms with Crippen LogP contribution in [-0.2, 0) is 4.79 Å². The molecule has 15 heavy (non-hydrogen) atoms. The van der Waals surface area contributed by atoms with Gasteiger partial charge in [0.05, 0.1) is 0 Å². The minimum absolute atomic E-state index is 0.00593. The van der Waals surface area contributed by atoms with Gasteiger partial charge in [-0.15, -0.1) is 0 Å². The zero-order chi connectivity index (χ0) is 10.8. The molecule has 3 rings (SSSR count). The van der Waals surface area contributed by atoms with Crippen LogP contribution in [0.5, 0.6) is 0 Å². The smallest absolute Gasteiger partial charge is 0.303 e. The highest BCUT2D eigenvalue weighted by atomic mass is 19.3. The van der Waals surface area contributed by atoms with Crippen LogP contribution in [0.3, 0.4) is 0 Å². The third-order valence-electron chi connectivity index (χ3n) is 4.82. The summed E-state index contributed by atoms with van der Waals surface area (Å²) >= 11 is 0. The molecule has 1 N–H and O–H groups in total. The third kappa shape index (κ3) is 1.11. The standard InChI is InChI=1S/C11H14F2O2/c12-11(13)4-7-6(3-9(14)15)5-1-2-8(11)10(5)7/h5-8,10H,1-4H2,(H,14,15)/t5-,6?,7?,8?,10-/m1/s1. The maximum atomic E-state index is 13.5. The molecule has 0 aliphatic heterocycles. The summed E-state index contributed by atoms with van der Waals surface area (Å²) in [5.74, 6) is -3.33. The number of carboxylic acid groups (broad SMARTS) is 1. The summed E-state index contributed by atoms with van der Waals surface area (Å²) in [7, 11) is 0. The fraction of sp³-hybridized carbons (Fsp3) is 0.909. The van der Waals surface area contributed by atoms with Gasteiger partial charge < -0.3 is 5.11 Å². The van der Waals surface area contributed by atoms with Gasteiger partial charge in [-0.05, 0) is 36.5 Å². The molecule has 4 heteroatoms. The van der Waals surface area contributed by atoms with E-state index < -0.39 is 17.8 Å². The van der Waals surface area contributed by atoms with Gasteiger partial charge in [0.15, 0.2) is 0 Å². The Balaban J connectivity index is 1.81. The van der Waals surface area contributed by atoms with Crippen molar-refractivity contribution in [1.29, 1.82) is 0 Å². The summed E-state index contributed by atoms with van der Waals surface area (Å²) in [5.41, 5.74) is 0. The van der Waals surface area contributed by atoms with E-state index in [1.165, 1.54) is 0 Å². The summed E-state index contributed by atoms with van der Waals surface area (Å²) in [6.07, 6.45) is 1.46. The Morgan fingerprint density at radius 1 is 1.33 bits per heavy atom. The fourth-order valence-corrected chi connectivity index (χ4v) is 4.38. The maximum absolute atomic E-state index is 13.5. The fourth-order valence-electron chi connectivity index (χ4n) is 4.38. The third-order valence-corrected chi connectivity index (χ3v) is 4.82. The van der Waals surface area contributed by atoms with Gasteiger partial charge in [0.2, 0.25) is 0 Å². The van der Waals surface area contributed by atoms with E-state index in [1.54, 1.807) is 0 Å². The minimum Gasteiger partial charge on any atom is -0.481 e. The Kier molecular flexibility index (Phi) is 1.73. The lowest BCUT2D eigenvalue weighted by Crippen LogP contribution is -2.43. The molecule has 0 bridgehead atoms. The van der Waals surface area contributed by atoms with Gasteiger partial charge in [0.25, 0.3) is 5.92 Å². The van der Waals surface area contributed by atoms with Crippen LogP contribution < -0.4 is 0 Å². The van der Waals surface area contributed by atoms with Gasteiger partial charge in [-0.2, -0.15) is 0 Å². The molecule has 0 aromatic rings. The van der Waals surface area contributed by atoms with Crippen LogP contribution >= 0.6 is 0 Å². The van der Waals surface area contributed by atoms with Crippen molar-refractivity contribution in [3.8, 4) is 0 Å². The van der Waals surface area contributed by atoms with E-state index >= 15 is 0 Å². The molecule has 0 spiro atoms. The van der Waals surface area contributed by atoms with Gasteiger partial charge in [-0.3, -0.25) is 4.79 Å². The van der Waals surface area contributed by atoms with Crippen LogP contribution in [0.2, 0.25) is 0 Å². The molecule has 3 fully saturated rings. The SMILES string of the molecule is O=C(O)CC1C2CC(F)(F)C3CC[C@H]1[C@H]23. The van der Waals surface area contributed by atoms with Gasteiger partial charge in [0, 0.05) is 18.8 Å². The quantitative estimate of drug-likeness (QED) is 0.769. The van der Waals surface area contributed by atoms with Crippen molar-refractivity contribution in [3.05, 3.63) is 0 Å². The van der Waals surface area contributed by atoms with Crippen LogP contribution in [0, 0.1) is 29.6 Å². The predicted octanol–water partition coefficient (Wildman–Crippen LogP) is 2.39. The Hall–Kier alpha value is -0.670. The second-order valence-corrected chi connectivity index (χ2v) is 5.32. The number of hydrogen-bond donors (Lipinski definition) is 1. The molecular weight excluding hydrogens is 202 g/mol. The van der Waals surface area contributed by atoms with Gasteiger partial charge in [-0.25, -0.2) is 8.78 Å². The summed E-state index contributed by atoms with van der Waals surface area (Å²) in [5, 5.41) is 8.74. The summed E-state index contributed by atoms with van der Waals surface area (Å²) in [6, 6.07) is 0. The first-order valence-corrected chi connectivity index (χ1v) is 5.60. The van der Waals surface area contributed by atoms with Crippen LogP contribution in [-0.4, -0.2) is 17.0 Å². The van der Waals surface area contributed by atoms with Crippen molar-refractivity contribution in [2.24, 2.45) is 29.6 Å². The van der Waals surface area contributed by atoms with Crippen molar-refractivity contribution in [2.75, 3.05) is 0 Å². The Bertz CT molecular complexity index is 316. The summed E-state index contributed by atoms with van der Waals surface area (Å²) in [4.78, 5) is 10.6. The van der Waals surface area contributed by atoms with Gasteiger partial charge >= 0.3 is 5.97 Å². The Morgan fingerprint density at radius 2 is 2.07 bits per heavy atom. The first kappa shape index (κ1) is 9.55. The van der Waals surface area contributed by atoms with Crippen LogP contribution in [0.15, 0.2) is 0 Å². The summed E-state index contributed by atoms with van der Waals surface area (Å²) < 4.78 is 27.1. The van der Waals surface area contributed by atoms with E-state index in [9.17, 15) is 13.6 Å². The average molecular weight is 216 g/mol. The van der Waals surface area contributed by atoms with Crippen molar-refractivity contribution in [1.82, 2.24) is 0 Å². The highest BCUT2D eigenvalue weighted by molar-refractivity contribution is 5.67. The topological polar surface area (TPSA) is 37.3 Å². The van der Waals surface area contributed by atoms with Crippen molar-refractivity contribution in [2.45, 2.75) is 31.6 Å². The van der Waals surface area contributed by atoms with E-state index in [2.05, 4.69) is 0 Å². The van der Waals surface area contributed by atoms with Crippen molar-refractivity contribution in [3.63, 3.8) is 0 Å². The molecule has 0 radical (unpaired) electrons. The first-order valence-electron chi connectivity index (χ1n) is 5.60. The lowest BCUT2D eigenvalue weighted by atomic mass is 9.58. The highest BCUT2D eigenvalue weighted by Gasteiger charge is 2.68. The molecule has 0 amide bonds. The van der Waals surface area contributed by atoms with E-state index in [0.717, 1.165) is 6.42 Å². The summed E-state index contributed by atoms with van der Waals surface area (Å²) in [6.45, 7) is 0. The van der Waals surface area contributed by atoms with Gasteiger partial charge in [0.1, 0.15) is 0 Å². The van der Waals surface area contributed by atoms with Crippen LogP contribution in [0.4, 0.5) is 8.78 Å². The van der Waals surface area contributed by atoms with Crippen molar-refractivity contribution < 1.29 is 18.7 Å². The number of aliphatic carboxylic acids is 1. The normalized spacial score (nSPS) is 49.9. The maximum Gasteiger partial charge on any atom is 0.303 e. The zero-order valence-corrected chi connectivity index (χ0v) is 8.33. The predicted molar refractivity (Wildman–Crippen MR) is 48.5 cm³/mol. The number of rotatable bonds is 2. The first-order chi connectivity index (χ1) is 7.00.